The molecule has 0 bridgehead atoms. The van der Waals surface area contributed by atoms with Crippen molar-refractivity contribution in [1.29, 1.82) is 0 Å². The number of carbonyl (C=O) groups excluding carboxylic acids is 2. The lowest BCUT2D eigenvalue weighted by atomic mass is 10.0. The molecule has 1 atom stereocenters. The molecule has 4 nitrogen and oxygen atoms in total. The molecule has 0 aromatic heterocycles. The van der Waals surface area contributed by atoms with Gasteiger partial charge in [0, 0.05) is 11.6 Å². The molecule has 4 heteroatoms. The highest BCUT2D eigenvalue weighted by atomic mass is 16.2. The van der Waals surface area contributed by atoms with E-state index in [1.165, 1.54) is 12.8 Å². The minimum absolute atomic E-state index is 0.0102. The molecule has 0 unspecified atom stereocenters. The summed E-state index contributed by atoms with van der Waals surface area (Å²) >= 11 is 0. The maximum absolute atomic E-state index is 12.1. The van der Waals surface area contributed by atoms with Crippen LogP contribution in [0.4, 0.5) is 0 Å². The zero-order valence-corrected chi connectivity index (χ0v) is 13.8. The number of hydrogen-bond acceptors (Lipinski definition) is 2. The van der Waals surface area contributed by atoms with Gasteiger partial charge in [0.25, 0.3) is 5.91 Å². The highest BCUT2D eigenvalue weighted by Crippen LogP contribution is 2.32. The summed E-state index contributed by atoms with van der Waals surface area (Å²) in [6, 6.07) is 17.6. The van der Waals surface area contributed by atoms with Crippen LogP contribution in [-0.4, -0.2) is 24.4 Å². The van der Waals surface area contributed by atoms with E-state index in [9.17, 15) is 9.59 Å². The largest absolute Gasteiger partial charge is 0.352 e. The van der Waals surface area contributed by atoms with Crippen molar-refractivity contribution >= 4 is 11.8 Å². The lowest BCUT2D eigenvalue weighted by Crippen LogP contribution is -2.41. The van der Waals surface area contributed by atoms with Gasteiger partial charge in [-0.2, -0.15) is 0 Å². The second-order valence-electron chi connectivity index (χ2n) is 6.32. The van der Waals surface area contributed by atoms with Gasteiger partial charge in [-0.3, -0.25) is 9.59 Å². The Labute approximate surface area is 142 Å². The van der Waals surface area contributed by atoms with E-state index in [0.29, 0.717) is 11.5 Å². The molecule has 2 aromatic rings. The normalized spacial score (nSPS) is 14.7. The molecule has 124 valence electrons. The van der Waals surface area contributed by atoms with Gasteiger partial charge in [-0.15, -0.1) is 0 Å². The molecule has 1 aliphatic rings. The maximum atomic E-state index is 12.1. The second-order valence-corrected chi connectivity index (χ2v) is 6.32. The Morgan fingerprint density at radius 3 is 2.25 bits per heavy atom. The first kappa shape index (κ1) is 16.2. The average molecular weight is 322 g/mol. The third-order valence-corrected chi connectivity index (χ3v) is 4.38. The highest BCUT2D eigenvalue weighted by molar-refractivity contribution is 5.96. The van der Waals surface area contributed by atoms with E-state index < -0.39 is 0 Å². The minimum atomic E-state index is -0.233. The SMILES string of the molecule is C[C@H](NC(=O)CNC(=O)c1ccc(-c2ccccc2)cc1)C1CC1. The van der Waals surface area contributed by atoms with Crippen LogP contribution in [0.2, 0.25) is 0 Å². The fraction of sp³-hybridized carbons (Fsp3) is 0.300. The number of benzene rings is 2. The van der Waals surface area contributed by atoms with E-state index in [0.717, 1.165) is 11.1 Å². The third kappa shape index (κ3) is 4.22. The minimum Gasteiger partial charge on any atom is -0.352 e. The third-order valence-electron chi connectivity index (χ3n) is 4.38. The predicted molar refractivity (Wildman–Crippen MR) is 94.5 cm³/mol. The predicted octanol–water partition coefficient (Wildman–Crippen LogP) is 3.00. The van der Waals surface area contributed by atoms with Crippen molar-refractivity contribution in [3.8, 4) is 11.1 Å². The van der Waals surface area contributed by atoms with E-state index in [-0.39, 0.29) is 24.4 Å². The van der Waals surface area contributed by atoms with Gasteiger partial charge in [-0.05, 0) is 48.9 Å². The second kappa shape index (κ2) is 7.30. The lowest BCUT2D eigenvalue weighted by molar-refractivity contribution is -0.120. The zero-order chi connectivity index (χ0) is 16.9. The molecular formula is C20H22N2O2. The van der Waals surface area contributed by atoms with Crippen LogP contribution in [0, 0.1) is 5.92 Å². The number of rotatable bonds is 6. The summed E-state index contributed by atoms with van der Waals surface area (Å²) in [6.45, 7) is 2.02. The van der Waals surface area contributed by atoms with E-state index in [4.69, 9.17) is 0 Å². The molecule has 24 heavy (non-hydrogen) atoms. The van der Waals surface area contributed by atoms with Crippen LogP contribution < -0.4 is 10.6 Å². The Hall–Kier alpha value is -2.62. The molecule has 2 aromatic carbocycles. The van der Waals surface area contributed by atoms with Crippen molar-refractivity contribution < 1.29 is 9.59 Å². The Morgan fingerprint density at radius 2 is 1.62 bits per heavy atom. The lowest BCUT2D eigenvalue weighted by Gasteiger charge is -2.13. The van der Waals surface area contributed by atoms with E-state index in [1.807, 2.05) is 49.4 Å². The van der Waals surface area contributed by atoms with Gasteiger partial charge in [0.2, 0.25) is 5.91 Å². The molecule has 1 fully saturated rings. The van der Waals surface area contributed by atoms with Crippen LogP contribution in [-0.2, 0) is 4.79 Å². The quantitative estimate of drug-likeness (QED) is 0.859. The molecule has 0 heterocycles. The Morgan fingerprint density at radius 1 is 1.00 bits per heavy atom. The summed E-state index contributed by atoms with van der Waals surface area (Å²) in [5.74, 6) is 0.239. The van der Waals surface area contributed by atoms with Crippen LogP contribution in [0.25, 0.3) is 11.1 Å². The van der Waals surface area contributed by atoms with Gasteiger partial charge in [-0.25, -0.2) is 0 Å². The fourth-order valence-electron chi connectivity index (χ4n) is 2.73. The van der Waals surface area contributed by atoms with Gasteiger partial charge < -0.3 is 10.6 Å². The van der Waals surface area contributed by atoms with Crippen molar-refractivity contribution in [2.24, 2.45) is 5.92 Å². The zero-order valence-electron chi connectivity index (χ0n) is 13.8. The van der Waals surface area contributed by atoms with Crippen LogP contribution in [0.15, 0.2) is 54.6 Å². The fourth-order valence-corrected chi connectivity index (χ4v) is 2.73. The maximum Gasteiger partial charge on any atom is 0.251 e. The van der Waals surface area contributed by atoms with Crippen molar-refractivity contribution in [2.45, 2.75) is 25.8 Å². The topological polar surface area (TPSA) is 58.2 Å². The van der Waals surface area contributed by atoms with Crippen molar-refractivity contribution in [3.63, 3.8) is 0 Å². The molecule has 0 spiro atoms. The summed E-state index contributed by atoms with van der Waals surface area (Å²) < 4.78 is 0. The van der Waals surface area contributed by atoms with Crippen LogP contribution in [0.1, 0.15) is 30.1 Å². The van der Waals surface area contributed by atoms with Gasteiger partial charge in [0.15, 0.2) is 0 Å². The standard InChI is InChI=1S/C20H22N2O2/c1-14(15-7-8-15)22-19(23)13-21-20(24)18-11-9-17(10-12-18)16-5-3-2-4-6-16/h2-6,9-12,14-15H,7-8,13H2,1H3,(H,21,24)(H,22,23)/t14-/m0/s1. The summed E-state index contributed by atoms with van der Waals surface area (Å²) in [5.41, 5.74) is 2.72. The average Bonchev–Trinajstić information content (AvgIpc) is 3.46. The first-order chi connectivity index (χ1) is 11.6. The van der Waals surface area contributed by atoms with Crippen LogP contribution >= 0.6 is 0 Å². The summed E-state index contributed by atoms with van der Waals surface area (Å²) in [7, 11) is 0. The first-order valence-corrected chi connectivity index (χ1v) is 8.36. The van der Waals surface area contributed by atoms with E-state index >= 15 is 0 Å². The van der Waals surface area contributed by atoms with Crippen molar-refractivity contribution in [2.75, 3.05) is 6.54 Å². The molecule has 1 aliphatic carbocycles. The molecule has 1 saturated carbocycles. The molecular weight excluding hydrogens is 300 g/mol. The van der Waals surface area contributed by atoms with Crippen LogP contribution in [0.3, 0.4) is 0 Å². The van der Waals surface area contributed by atoms with Gasteiger partial charge in [0.05, 0.1) is 6.54 Å². The van der Waals surface area contributed by atoms with Gasteiger partial charge in [0.1, 0.15) is 0 Å². The van der Waals surface area contributed by atoms with Gasteiger partial charge >= 0.3 is 0 Å². The smallest absolute Gasteiger partial charge is 0.251 e. The summed E-state index contributed by atoms with van der Waals surface area (Å²) in [5, 5.41) is 5.60. The van der Waals surface area contributed by atoms with Crippen molar-refractivity contribution in [1.82, 2.24) is 10.6 Å². The van der Waals surface area contributed by atoms with Gasteiger partial charge in [-0.1, -0.05) is 42.5 Å². The monoisotopic (exact) mass is 322 g/mol. The Kier molecular flexibility index (Phi) is 4.94. The van der Waals surface area contributed by atoms with Crippen LogP contribution in [0.5, 0.6) is 0 Å². The number of carbonyl (C=O) groups is 2. The Balaban J connectivity index is 1.52. The molecule has 0 saturated heterocycles. The highest BCUT2D eigenvalue weighted by Gasteiger charge is 2.28. The summed E-state index contributed by atoms with van der Waals surface area (Å²) in [6.07, 6.45) is 2.36. The summed E-state index contributed by atoms with van der Waals surface area (Å²) in [4.78, 5) is 24.0. The number of amides is 2. The molecule has 3 rings (SSSR count). The van der Waals surface area contributed by atoms with E-state index in [1.54, 1.807) is 12.1 Å². The number of hydrogen-bond donors (Lipinski definition) is 2. The van der Waals surface area contributed by atoms with Crippen molar-refractivity contribution in [3.05, 3.63) is 60.2 Å². The molecule has 2 amide bonds. The molecule has 0 aliphatic heterocycles. The molecule has 0 radical (unpaired) electrons. The number of nitrogens with one attached hydrogen (secondary N) is 2. The first-order valence-electron chi connectivity index (χ1n) is 8.36. The van der Waals surface area contributed by atoms with E-state index in [2.05, 4.69) is 10.6 Å². The Bertz CT molecular complexity index is 706. The molecule has 2 N–H and O–H groups in total.